The third-order valence-electron chi connectivity index (χ3n) is 4.58. The molecule has 0 unspecified atom stereocenters. The molecule has 5 rings (SSSR count). The number of carbonyl (C=O) groups excluding carboxylic acids is 1. The number of nitrogens with zero attached hydrogens (tertiary/aromatic N) is 4. The zero-order valence-electron chi connectivity index (χ0n) is 15.7. The number of fused-ring (bicyclic) bond motifs is 1. The van der Waals surface area contributed by atoms with Gasteiger partial charge in [0, 0.05) is 23.3 Å². The van der Waals surface area contributed by atoms with Gasteiger partial charge in [-0.15, -0.1) is 5.10 Å². The Morgan fingerprint density at radius 3 is 2.50 bits per heavy atom. The third kappa shape index (κ3) is 3.40. The maximum Gasteiger partial charge on any atom is 0.322 e. The highest BCUT2D eigenvalue weighted by Crippen LogP contribution is 2.26. The van der Waals surface area contributed by atoms with Crippen LogP contribution in [0.1, 0.15) is 10.4 Å². The second kappa shape index (κ2) is 7.56. The van der Waals surface area contributed by atoms with E-state index in [9.17, 15) is 4.79 Å². The molecule has 1 N–H and O–H groups in total. The van der Waals surface area contributed by atoms with Gasteiger partial charge < -0.3 is 4.42 Å². The summed E-state index contributed by atoms with van der Waals surface area (Å²) >= 11 is 0. The number of hydrogen-bond donors (Lipinski definition) is 1. The molecule has 0 saturated carbocycles. The van der Waals surface area contributed by atoms with Crippen molar-refractivity contribution in [2.45, 2.75) is 0 Å². The number of anilines is 1. The van der Waals surface area contributed by atoms with E-state index >= 15 is 0 Å². The van der Waals surface area contributed by atoms with Gasteiger partial charge in [-0.05, 0) is 24.3 Å². The lowest BCUT2D eigenvalue weighted by atomic mass is 10.0. The summed E-state index contributed by atoms with van der Waals surface area (Å²) in [6.45, 7) is 0. The Morgan fingerprint density at radius 2 is 1.67 bits per heavy atom. The Balaban J connectivity index is 1.51. The van der Waals surface area contributed by atoms with Crippen molar-refractivity contribution in [1.82, 2.24) is 20.2 Å². The summed E-state index contributed by atoms with van der Waals surface area (Å²) in [5.41, 5.74) is 3.51. The minimum absolute atomic E-state index is 0.0148. The van der Waals surface area contributed by atoms with Gasteiger partial charge in [0.1, 0.15) is 0 Å². The first kappa shape index (κ1) is 17.7. The molecule has 2 aromatic carbocycles. The third-order valence-corrected chi connectivity index (χ3v) is 4.58. The fourth-order valence-electron chi connectivity index (χ4n) is 3.16. The van der Waals surface area contributed by atoms with Gasteiger partial charge in [-0.3, -0.25) is 15.1 Å². The van der Waals surface area contributed by atoms with Crippen LogP contribution in [0.3, 0.4) is 0 Å². The molecule has 30 heavy (non-hydrogen) atoms. The van der Waals surface area contributed by atoms with Crippen LogP contribution < -0.4 is 5.32 Å². The van der Waals surface area contributed by atoms with Crippen molar-refractivity contribution < 1.29 is 9.21 Å². The lowest BCUT2D eigenvalue weighted by molar-refractivity contribution is 0.102. The van der Waals surface area contributed by atoms with Crippen LogP contribution in [0.2, 0.25) is 0 Å². The minimum atomic E-state index is -0.354. The predicted molar refractivity (Wildman–Crippen MR) is 113 cm³/mol. The number of para-hydroxylation sites is 1. The largest absolute Gasteiger partial charge is 0.403 e. The van der Waals surface area contributed by atoms with Gasteiger partial charge in [-0.1, -0.05) is 53.6 Å². The highest BCUT2D eigenvalue weighted by atomic mass is 16.4. The molecule has 0 atom stereocenters. The summed E-state index contributed by atoms with van der Waals surface area (Å²) in [5.74, 6) is -0.0740. The summed E-state index contributed by atoms with van der Waals surface area (Å²) in [4.78, 5) is 21.8. The van der Waals surface area contributed by atoms with Crippen LogP contribution in [-0.2, 0) is 0 Å². The molecule has 0 bridgehead atoms. The molecule has 1 amide bonds. The molecular weight excluding hydrogens is 378 g/mol. The van der Waals surface area contributed by atoms with E-state index in [4.69, 9.17) is 9.40 Å². The fourth-order valence-corrected chi connectivity index (χ4v) is 3.16. The van der Waals surface area contributed by atoms with Crippen LogP contribution in [-0.4, -0.2) is 26.1 Å². The molecule has 3 heterocycles. The van der Waals surface area contributed by atoms with Crippen LogP contribution in [0.5, 0.6) is 0 Å². The van der Waals surface area contributed by atoms with E-state index in [0.29, 0.717) is 16.8 Å². The van der Waals surface area contributed by atoms with Crippen molar-refractivity contribution in [3.05, 3.63) is 90.8 Å². The number of carbonyl (C=O) groups is 1. The molecule has 5 aromatic rings. The first-order valence-electron chi connectivity index (χ1n) is 9.28. The molecule has 0 spiro atoms. The van der Waals surface area contributed by atoms with Gasteiger partial charge in [0.2, 0.25) is 0 Å². The highest BCUT2D eigenvalue weighted by molar-refractivity contribution is 6.12. The van der Waals surface area contributed by atoms with Crippen molar-refractivity contribution in [2.75, 3.05) is 5.32 Å². The monoisotopic (exact) mass is 393 g/mol. The number of nitrogens with one attached hydrogen (secondary N) is 1. The zero-order valence-corrected chi connectivity index (χ0v) is 15.7. The van der Waals surface area contributed by atoms with Crippen LogP contribution >= 0.6 is 0 Å². The van der Waals surface area contributed by atoms with E-state index in [-0.39, 0.29) is 17.8 Å². The van der Waals surface area contributed by atoms with Crippen LogP contribution in [0.15, 0.2) is 89.6 Å². The molecule has 0 aliphatic rings. The topological polar surface area (TPSA) is 93.8 Å². The van der Waals surface area contributed by atoms with E-state index in [1.165, 1.54) is 0 Å². The summed E-state index contributed by atoms with van der Waals surface area (Å²) in [6, 6.07) is 22.6. The molecule has 144 valence electrons. The van der Waals surface area contributed by atoms with Gasteiger partial charge in [-0.2, -0.15) is 0 Å². The van der Waals surface area contributed by atoms with Crippen molar-refractivity contribution in [3.63, 3.8) is 0 Å². The quantitative estimate of drug-likeness (QED) is 0.480. The van der Waals surface area contributed by atoms with Crippen molar-refractivity contribution in [2.24, 2.45) is 0 Å². The average molecular weight is 393 g/mol. The molecule has 0 aliphatic carbocycles. The molecule has 7 nitrogen and oxygen atoms in total. The summed E-state index contributed by atoms with van der Waals surface area (Å²) in [7, 11) is 0. The van der Waals surface area contributed by atoms with E-state index in [2.05, 4.69) is 20.5 Å². The number of pyridine rings is 2. The van der Waals surface area contributed by atoms with E-state index < -0.39 is 0 Å². The second-order valence-corrected chi connectivity index (χ2v) is 6.55. The lowest BCUT2D eigenvalue weighted by Crippen LogP contribution is -2.13. The van der Waals surface area contributed by atoms with Crippen LogP contribution in [0.25, 0.3) is 33.6 Å². The lowest BCUT2D eigenvalue weighted by Gasteiger charge is -2.09. The Bertz CT molecular complexity index is 1330. The highest BCUT2D eigenvalue weighted by Gasteiger charge is 2.17. The fraction of sp³-hybridized carbons (Fsp3) is 0. The van der Waals surface area contributed by atoms with E-state index in [1.807, 2.05) is 54.6 Å². The van der Waals surface area contributed by atoms with Gasteiger partial charge in [0.05, 0.1) is 22.3 Å². The van der Waals surface area contributed by atoms with Crippen molar-refractivity contribution in [3.8, 4) is 22.7 Å². The smallest absolute Gasteiger partial charge is 0.322 e. The Hall–Kier alpha value is -4.39. The normalized spacial score (nSPS) is 10.8. The first-order valence-corrected chi connectivity index (χ1v) is 9.28. The predicted octanol–water partition coefficient (Wildman–Crippen LogP) is 4.60. The Labute approximate surface area is 171 Å². The van der Waals surface area contributed by atoms with Crippen molar-refractivity contribution >= 4 is 22.8 Å². The van der Waals surface area contributed by atoms with Crippen molar-refractivity contribution in [1.29, 1.82) is 0 Å². The molecule has 3 aromatic heterocycles. The number of amides is 1. The first-order chi connectivity index (χ1) is 14.8. The van der Waals surface area contributed by atoms with E-state index in [1.54, 1.807) is 30.6 Å². The second-order valence-electron chi connectivity index (χ2n) is 6.55. The van der Waals surface area contributed by atoms with Crippen LogP contribution in [0.4, 0.5) is 6.01 Å². The maximum absolute atomic E-state index is 13.1. The summed E-state index contributed by atoms with van der Waals surface area (Å²) in [6.07, 6.45) is 3.27. The van der Waals surface area contributed by atoms with Gasteiger partial charge in [0.25, 0.3) is 11.8 Å². The number of hydrogen-bond acceptors (Lipinski definition) is 6. The SMILES string of the molecule is O=C(Nc1nnc(-c2cccnc2)o1)c1cc(-c2ccccc2)nc2ccccc12. The molecular formula is C23H15N5O2. The Kier molecular flexibility index (Phi) is 4.46. The van der Waals surface area contributed by atoms with Gasteiger partial charge in [0.15, 0.2) is 0 Å². The molecule has 0 saturated heterocycles. The van der Waals surface area contributed by atoms with Gasteiger partial charge in [-0.25, -0.2) is 4.98 Å². The summed E-state index contributed by atoms with van der Waals surface area (Å²) in [5, 5.41) is 11.3. The average Bonchev–Trinajstić information content (AvgIpc) is 3.28. The number of rotatable bonds is 4. The molecule has 0 radical (unpaired) electrons. The van der Waals surface area contributed by atoms with Crippen LogP contribution in [0, 0.1) is 0 Å². The molecule has 7 heteroatoms. The molecule has 0 fully saturated rings. The molecule has 0 aliphatic heterocycles. The maximum atomic E-state index is 13.1. The Morgan fingerprint density at radius 1 is 0.867 bits per heavy atom. The minimum Gasteiger partial charge on any atom is -0.403 e. The van der Waals surface area contributed by atoms with Gasteiger partial charge >= 0.3 is 6.01 Å². The summed E-state index contributed by atoms with van der Waals surface area (Å²) < 4.78 is 5.58. The van der Waals surface area contributed by atoms with E-state index in [0.717, 1.165) is 16.5 Å². The zero-order chi connectivity index (χ0) is 20.3. The standard InChI is InChI=1S/C23H15N5O2/c29-21(26-23-28-27-22(30-23)16-9-6-12-24-14-16)18-13-20(15-7-2-1-3-8-15)25-19-11-5-4-10-17(18)19/h1-14H,(H,26,28,29). The number of aromatic nitrogens is 4. The number of benzene rings is 2.